The van der Waals surface area contributed by atoms with E-state index in [0.29, 0.717) is 23.7 Å². The topological polar surface area (TPSA) is 76.7 Å². The maximum Gasteiger partial charge on any atom is 0.226 e. The van der Waals surface area contributed by atoms with Gasteiger partial charge in [0.2, 0.25) is 11.8 Å². The van der Waals surface area contributed by atoms with Crippen molar-refractivity contribution < 1.29 is 19.1 Å². The van der Waals surface area contributed by atoms with E-state index in [1.54, 1.807) is 13.2 Å². The molecule has 3 aromatic rings. The summed E-state index contributed by atoms with van der Waals surface area (Å²) in [6.07, 6.45) is 2.82. The highest BCUT2D eigenvalue weighted by molar-refractivity contribution is 5.82. The summed E-state index contributed by atoms with van der Waals surface area (Å²) >= 11 is 0. The van der Waals surface area contributed by atoms with Gasteiger partial charge in [-0.25, -0.2) is 0 Å². The first-order valence-corrected chi connectivity index (χ1v) is 12.1. The van der Waals surface area contributed by atoms with Crippen molar-refractivity contribution in [1.82, 2.24) is 10.6 Å². The van der Waals surface area contributed by atoms with Gasteiger partial charge in [0.25, 0.3) is 0 Å². The number of unbranched alkanes of at least 4 members (excludes halogenated alkanes) is 2. The highest BCUT2D eigenvalue weighted by Gasteiger charge is 2.20. The predicted octanol–water partition coefficient (Wildman–Crippen LogP) is 4.98. The van der Waals surface area contributed by atoms with Crippen LogP contribution in [0.2, 0.25) is 0 Å². The van der Waals surface area contributed by atoms with E-state index in [0.717, 1.165) is 30.4 Å². The molecule has 0 aliphatic carbocycles. The third-order valence-corrected chi connectivity index (χ3v) is 5.55. The van der Waals surface area contributed by atoms with Crippen LogP contribution >= 0.6 is 0 Å². The van der Waals surface area contributed by atoms with Crippen LogP contribution in [0.1, 0.15) is 49.0 Å². The Morgan fingerprint density at radius 1 is 0.771 bits per heavy atom. The number of hydrogen-bond acceptors (Lipinski definition) is 4. The van der Waals surface area contributed by atoms with E-state index < -0.39 is 6.17 Å². The third-order valence-electron chi connectivity index (χ3n) is 5.55. The van der Waals surface area contributed by atoms with Crippen LogP contribution in [-0.2, 0) is 22.4 Å². The molecule has 0 atom stereocenters. The van der Waals surface area contributed by atoms with Crippen molar-refractivity contribution in [2.75, 3.05) is 13.7 Å². The average molecular weight is 475 g/mol. The molecule has 0 aromatic heterocycles. The zero-order chi connectivity index (χ0) is 24.9. The van der Waals surface area contributed by atoms with Gasteiger partial charge in [0, 0.05) is 0 Å². The van der Waals surface area contributed by atoms with E-state index in [4.69, 9.17) is 9.47 Å². The second-order valence-electron chi connectivity index (χ2n) is 8.36. The Balaban J connectivity index is 1.79. The molecule has 0 saturated carbocycles. The minimum Gasteiger partial charge on any atom is -0.493 e. The zero-order valence-electron chi connectivity index (χ0n) is 20.5. The largest absolute Gasteiger partial charge is 0.493 e. The first kappa shape index (κ1) is 25.8. The number of benzene rings is 3. The summed E-state index contributed by atoms with van der Waals surface area (Å²) in [5.74, 6) is 0.806. The number of carbonyl (C=O) groups is 2. The van der Waals surface area contributed by atoms with Gasteiger partial charge < -0.3 is 20.1 Å². The van der Waals surface area contributed by atoms with Crippen LogP contribution in [0.25, 0.3) is 0 Å². The highest BCUT2D eigenvalue weighted by atomic mass is 16.5. The van der Waals surface area contributed by atoms with E-state index >= 15 is 0 Å². The minimum absolute atomic E-state index is 0.192. The number of ether oxygens (including phenoxy) is 2. The number of methoxy groups -OCH3 is 1. The maximum atomic E-state index is 12.9. The lowest BCUT2D eigenvalue weighted by molar-refractivity contribution is -0.123. The van der Waals surface area contributed by atoms with Crippen LogP contribution < -0.4 is 20.1 Å². The molecule has 0 spiro atoms. The number of rotatable bonds is 13. The molecule has 3 aromatic carbocycles. The van der Waals surface area contributed by atoms with Crippen molar-refractivity contribution >= 4 is 11.8 Å². The molecule has 6 nitrogen and oxygen atoms in total. The summed E-state index contributed by atoms with van der Waals surface area (Å²) in [5, 5.41) is 5.94. The Morgan fingerprint density at radius 2 is 1.34 bits per heavy atom. The smallest absolute Gasteiger partial charge is 0.226 e. The monoisotopic (exact) mass is 474 g/mol. The molecule has 0 aliphatic rings. The number of carbonyl (C=O) groups excluding carboxylic acids is 2. The molecule has 2 N–H and O–H groups in total. The Labute approximate surface area is 207 Å². The lowest BCUT2D eigenvalue weighted by atomic mass is 10.1. The van der Waals surface area contributed by atoms with Gasteiger partial charge in [-0.05, 0) is 35.2 Å². The van der Waals surface area contributed by atoms with Crippen molar-refractivity contribution in [3.05, 3.63) is 95.6 Å². The van der Waals surface area contributed by atoms with Crippen LogP contribution in [0.3, 0.4) is 0 Å². The summed E-state index contributed by atoms with van der Waals surface area (Å²) in [7, 11) is 1.59. The molecule has 35 heavy (non-hydrogen) atoms. The van der Waals surface area contributed by atoms with Crippen molar-refractivity contribution in [3.8, 4) is 11.5 Å². The molecule has 184 valence electrons. The number of hydrogen-bond donors (Lipinski definition) is 2. The Bertz CT molecular complexity index is 1020. The molecular formula is C29H34N2O4. The van der Waals surface area contributed by atoms with Crippen LogP contribution in [-0.4, -0.2) is 25.5 Å². The van der Waals surface area contributed by atoms with E-state index in [1.165, 1.54) is 0 Å². The van der Waals surface area contributed by atoms with Crippen molar-refractivity contribution in [2.24, 2.45) is 0 Å². The predicted molar refractivity (Wildman–Crippen MR) is 137 cm³/mol. The van der Waals surface area contributed by atoms with E-state index in [1.807, 2.05) is 72.8 Å². The summed E-state index contributed by atoms with van der Waals surface area (Å²) in [6, 6.07) is 24.5. The fraction of sp³-hybridized carbons (Fsp3) is 0.310. The Hall–Kier alpha value is -3.80. The zero-order valence-corrected chi connectivity index (χ0v) is 20.5. The first-order valence-electron chi connectivity index (χ1n) is 12.1. The van der Waals surface area contributed by atoms with Crippen molar-refractivity contribution in [2.45, 2.75) is 45.2 Å². The first-order chi connectivity index (χ1) is 17.1. The second kappa shape index (κ2) is 13.8. The van der Waals surface area contributed by atoms with Gasteiger partial charge in [0.05, 0.1) is 26.6 Å². The molecule has 0 radical (unpaired) electrons. The molecule has 0 aliphatic heterocycles. The molecule has 0 fully saturated rings. The van der Waals surface area contributed by atoms with Gasteiger partial charge in [-0.3, -0.25) is 9.59 Å². The highest BCUT2D eigenvalue weighted by Crippen LogP contribution is 2.30. The molecule has 0 bridgehead atoms. The van der Waals surface area contributed by atoms with Crippen LogP contribution in [0.4, 0.5) is 0 Å². The van der Waals surface area contributed by atoms with Gasteiger partial charge in [-0.15, -0.1) is 0 Å². The average Bonchev–Trinajstić information content (AvgIpc) is 2.87. The van der Waals surface area contributed by atoms with Gasteiger partial charge in [0.1, 0.15) is 6.17 Å². The standard InChI is InChI=1S/C29H34N2O4/c1-3-4-11-18-35-26-21-24(16-17-25(26)34-2)29(30-27(32)19-22-12-7-5-8-13-22)31-28(33)20-23-14-9-6-10-15-23/h5-10,12-17,21,29H,3-4,11,18-20H2,1-2H3,(H,30,32)(H,31,33). The molecule has 0 saturated heterocycles. The Morgan fingerprint density at radius 3 is 1.86 bits per heavy atom. The third kappa shape index (κ3) is 8.49. The summed E-state index contributed by atoms with van der Waals surface area (Å²) in [6.45, 7) is 2.71. The molecule has 6 heteroatoms. The lowest BCUT2D eigenvalue weighted by Gasteiger charge is -2.22. The molecular weight excluding hydrogens is 440 g/mol. The maximum absolute atomic E-state index is 12.9. The minimum atomic E-state index is -0.716. The van der Waals surface area contributed by atoms with Gasteiger partial charge in [-0.2, -0.15) is 0 Å². The Kier molecular flexibility index (Phi) is 10.2. The summed E-state index contributed by atoms with van der Waals surface area (Å²) in [5.41, 5.74) is 2.50. The fourth-order valence-corrected chi connectivity index (χ4v) is 3.71. The summed E-state index contributed by atoms with van der Waals surface area (Å²) < 4.78 is 11.4. The number of amides is 2. The van der Waals surface area contributed by atoms with Crippen LogP contribution in [0.5, 0.6) is 11.5 Å². The normalized spacial score (nSPS) is 10.6. The van der Waals surface area contributed by atoms with Gasteiger partial charge >= 0.3 is 0 Å². The summed E-state index contributed by atoms with van der Waals surface area (Å²) in [4.78, 5) is 25.7. The molecule has 0 unspecified atom stereocenters. The molecule has 0 heterocycles. The van der Waals surface area contributed by atoms with E-state index in [-0.39, 0.29) is 24.7 Å². The van der Waals surface area contributed by atoms with Gasteiger partial charge in [-0.1, -0.05) is 86.5 Å². The molecule has 2 amide bonds. The number of nitrogens with one attached hydrogen (secondary N) is 2. The van der Waals surface area contributed by atoms with Crippen molar-refractivity contribution in [1.29, 1.82) is 0 Å². The van der Waals surface area contributed by atoms with E-state index in [2.05, 4.69) is 17.6 Å². The van der Waals surface area contributed by atoms with Crippen molar-refractivity contribution in [3.63, 3.8) is 0 Å². The van der Waals surface area contributed by atoms with Crippen LogP contribution in [0, 0.1) is 0 Å². The second-order valence-corrected chi connectivity index (χ2v) is 8.36. The van der Waals surface area contributed by atoms with Gasteiger partial charge in [0.15, 0.2) is 11.5 Å². The van der Waals surface area contributed by atoms with Crippen LogP contribution in [0.15, 0.2) is 78.9 Å². The lowest BCUT2D eigenvalue weighted by Crippen LogP contribution is -2.42. The fourth-order valence-electron chi connectivity index (χ4n) is 3.71. The quantitative estimate of drug-likeness (QED) is 0.271. The van der Waals surface area contributed by atoms with E-state index in [9.17, 15) is 9.59 Å². The SMILES string of the molecule is CCCCCOc1cc(C(NC(=O)Cc2ccccc2)NC(=O)Cc2ccccc2)ccc1OC. The molecule has 3 rings (SSSR count).